The predicted octanol–water partition coefficient (Wildman–Crippen LogP) is 4.32. The van der Waals surface area contributed by atoms with Crippen molar-refractivity contribution < 1.29 is 27.4 Å². The molecule has 8 nitrogen and oxygen atoms in total. The van der Waals surface area contributed by atoms with E-state index in [-0.39, 0.29) is 16.6 Å². The van der Waals surface area contributed by atoms with Gasteiger partial charge in [0, 0.05) is 18.1 Å². The van der Waals surface area contributed by atoms with E-state index in [0.29, 0.717) is 23.7 Å². The van der Waals surface area contributed by atoms with Crippen molar-refractivity contribution in [3.05, 3.63) is 78.4 Å². The van der Waals surface area contributed by atoms with Gasteiger partial charge in [0.15, 0.2) is 0 Å². The minimum atomic E-state index is -4.12. The van der Waals surface area contributed by atoms with Gasteiger partial charge in [-0.15, -0.1) is 0 Å². The number of nitrogens with one attached hydrogen (secondary N) is 1. The van der Waals surface area contributed by atoms with E-state index in [1.165, 1.54) is 26.4 Å². The molecule has 1 unspecified atom stereocenters. The maximum absolute atomic E-state index is 13.8. The molecule has 190 valence electrons. The Kier molecular flexibility index (Phi) is 7.12. The Morgan fingerprint density at radius 1 is 1.03 bits per heavy atom. The fourth-order valence-electron chi connectivity index (χ4n) is 4.31. The summed E-state index contributed by atoms with van der Waals surface area (Å²) in [4.78, 5) is 13.5. The van der Waals surface area contributed by atoms with Gasteiger partial charge in [0.05, 0.1) is 30.8 Å². The first-order valence-corrected chi connectivity index (χ1v) is 13.0. The number of hydrogen-bond acceptors (Lipinski definition) is 6. The van der Waals surface area contributed by atoms with Crippen LogP contribution in [0.5, 0.6) is 17.2 Å². The normalized spacial score (nSPS) is 16.3. The zero-order chi connectivity index (χ0) is 25.9. The van der Waals surface area contributed by atoms with E-state index < -0.39 is 28.1 Å². The first-order valence-electron chi connectivity index (χ1n) is 11.5. The molecule has 3 aromatic carbocycles. The Morgan fingerprint density at radius 3 is 2.42 bits per heavy atom. The topological polar surface area (TPSA) is 94.2 Å². The maximum Gasteiger partial charge on any atom is 0.264 e. The third-order valence-electron chi connectivity index (χ3n) is 5.98. The monoisotopic (exact) mass is 510 g/mol. The fourth-order valence-corrected chi connectivity index (χ4v) is 5.76. The highest BCUT2D eigenvalue weighted by Crippen LogP contribution is 2.40. The number of carbonyl (C=O) groups is 1. The molecule has 3 aromatic rings. The second-order valence-corrected chi connectivity index (χ2v) is 10.9. The maximum atomic E-state index is 13.8. The third-order valence-corrected chi connectivity index (χ3v) is 7.76. The molecule has 1 N–H and O–H groups in total. The molecule has 0 saturated carbocycles. The average molecular weight is 511 g/mol. The lowest BCUT2D eigenvalue weighted by Gasteiger charge is -2.38. The number of sulfonamides is 1. The van der Waals surface area contributed by atoms with Crippen molar-refractivity contribution in [1.82, 2.24) is 5.32 Å². The van der Waals surface area contributed by atoms with Gasteiger partial charge in [-0.25, -0.2) is 8.42 Å². The van der Waals surface area contributed by atoms with Gasteiger partial charge in [0.25, 0.3) is 10.0 Å². The molecule has 0 bridgehead atoms. The lowest BCUT2D eigenvalue weighted by atomic mass is 9.89. The highest BCUT2D eigenvalue weighted by atomic mass is 32.2. The quantitative estimate of drug-likeness (QED) is 0.485. The van der Waals surface area contributed by atoms with Crippen LogP contribution < -0.4 is 23.8 Å². The molecule has 0 aromatic heterocycles. The number of ether oxygens (including phenoxy) is 3. The van der Waals surface area contributed by atoms with Gasteiger partial charge in [-0.05, 0) is 44.2 Å². The number of methoxy groups -OCH3 is 2. The lowest BCUT2D eigenvalue weighted by molar-refractivity contribution is -0.120. The van der Waals surface area contributed by atoms with E-state index in [2.05, 4.69) is 5.32 Å². The molecular formula is C27H30N2O6S. The molecule has 0 spiro atoms. The summed E-state index contributed by atoms with van der Waals surface area (Å²) in [5.74, 6) is 0.958. The second kappa shape index (κ2) is 10.1. The van der Waals surface area contributed by atoms with Gasteiger partial charge in [-0.3, -0.25) is 9.10 Å². The van der Waals surface area contributed by atoms with E-state index in [4.69, 9.17) is 14.2 Å². The van der Waals surface area contributed by atoms with E-state index in [0.717, 1.165) is 9.87 Å². The van der Waals surface area contributed by atoms with Crippen LogP contribution in [-0.4, -0.2) is 40.7 Å². The fraction of sp³-hybridized carbons (Fsp3) is 0.296. The van der Waals surface area contributed by atoms with E-state index in [1.54, 1.807) is 36.4 Å². The number of nitrogens with zero attached hydrogens (tertiary/aromatic N) is 1. The number of fused-ring (bicyclic) bond motifs is 1. The summed E-state index contributed by atoms with van der Waals surface area (Å²) in [5.41, 5.74) is 0.545. The molecule has 0 fully saturated rings. The minimum Gasteiger partial charge on any atom is -0.497 e. The molecule has 1 aliphatic heterocycles. The van der Waals surface area contributed by atoms with Crippen LogP contribution in [0.25, 0.3) is 0 Å². The Bertz CT molecular complexity index is 1340. The number of para-hydroxylation sites is 1. The molecule has 1 atom stereocenters. The lowest BCUT2D eigenvalue weighted by Crippen LogP contribution is -2.45. The molecular weight excluding hydrogens is 480 g/mol. The van der Waals surface area contributed by atoms with Crippen LogP contribution in [0.3, 0.4) is 0 Å². The molecule has 0 radical (unpaired) electrons. The first kappa shape index (κ1) is 25.4. The summed E-state index contributed by atoms with van der Waals surface area (Å²) in [5, 5.41) is 3.02. The number of hydrogen-bond donors (Lipinski definition) is 1. The van der Waals surface area contributed by atoms with Crippen LogP contribution in [0.4, 0.5) is 5.69 Å². The van der Waals surface area contributed by atoms with Gasteiger partial charge >= 0.3 is 0 Å². The standard InChI is InChI=1S/C27H30N2O6S/c1-27(2)17-22(21-12-8-9-13-24(21)35-27)28-26(30)18-29(36(31,32)20-10-6-5-7-11-20)23-16-19(33-3)14-15-25(23)34-4/h5-16,22H,17-18H2,1-4H3,(H,28,30). The van der Waals surface area contributed by atoms with Crippen molar-refractivity contribution in [3.8, 4) is 17.2 Å². The number of carbonyl (C=O) groups excluding carboxylic acids is 1. The Morgan fingerprint density at radius 2 is 1.72 bits per heavy atom. The average Bonchev–Trinajstić information content (AvgIpc) is 2.86. The van der Waals surface area contributed by atoms with Gasteiger partial charge in [-0.1, -0.05) is 36.4 Å². The summed E-state index contributed by atoms with van der Waals surface area (Å²) < 4.78 is 45.4. The minimum absolute atomic E-state index is 0.0558. The zero-order valence-corrected chi connectivity index (χ0v) is 21.5. The molecule has 0 saturated heterocycles. The Hall–Kier alpha value is -3.72. The molecule has 1 amide bonds. The second-order valence-electron chi connectivity index (χ2n) is 9.09. The molecule has 0 aliphatic carbocycles. The van der Waals surface area contributed by atoms with Crippen molar-refractivity contribution in [2.24, 2.45) is 0 Å². The summed E-state index contributed by atoms with van der Waals surface area (Å²) in [6.45, 7) is 3.45. The van der Waals surface area contributed by atoms with Crippen molar-refractivity contribution in [2.45, 2.75) is 36.8 Å². The van der Waals surface area contributed by atoms with Gasteiger partial charge in [0.2, 0.25) is 5.91 Å². The van der Waals surface area contributed by atoms with Crippen molar-refractivity contribution in [3.63, 3.8) is 0 Å². The highest BCUT2D eigenvalue weighted by Gasteiger charge is 2.36. The van der Waals surface area contributed by atoms with Gasteiger partial charge < -0.3 is 19.5 Å². The molecule has 9 heteroatoms. The number of anilines is 1. The van der Waals surface area contributed by atoms with Crippen molar-refractivity contribution in [2.75, 3.05) is 25.1 Å². The largest absolute Gasteiger partial charge is 0.497 e. The van der Waals surface area contributed by atoms with E-state index >= 15 is 0 Å². The zero-order valence-electron chi connectivity index (χ0n) is 20.7. The van der Waals surface area contributed by atoms with Gasteiger partial charge in [0.1, 0.15) is 29.4 Å². The smallest absolute Gasteiger partial charge is 0.264 e. The molecule has 1 aliphatic rings. The first-order chi connectivity index (χ1) is 17.1. The van der Waals surface area contributed by atoms with Gasteiger partial charge in [-0.2, -0.15) is 0 Å². The van der Waals surface area contributed by atoms with Crippen LogP contribution in [0, 0.1) is 0 Å². The van der Waals surface area contributed by atoms with Crippen LogP contribution >= 0.6 is 0 Å². The summed E-state index contributed by atoms with van der Waals surface area (Å²) in [6.07, 6.45) is 0.531. The molecule has 1 heterocycles. The Balaban J connectivity index is 1.71. The molecule has 36 heavy (non-hydrogen) atoms. The van der Waals surface area contributed by atoms with Crippen LogP contribution in [0.1, 0.15) is 31.9 Å². The molecule has 4 rings (SSSR count). The third kappa shape index (κ3) is 5.26. The van der Waals surface area contributed by atoms with Crippen LogP contribution in [0.2, 0.25) is 0 Å². The van der Waals surface area contributed by atoms with Crippen molar-refractivity contribution in [1.29, 1.82) is 0 Å². The number of rotatable bonds is 8. The van der Waals surface area contributed by atoms with E-state index in [9.17, 15) is 13.2 Å². The van der Waals surface area contributed by atoms with Crippen molar-refractivity contribution >= 4 is 21.6 Å². The Labute approximate surface area is 211 Å². The SMILES string of the molecule is COc1ccc(OC)c(N(CC(=O)NC2CC(C)(C)Oc3ccccc32)S(=O)(=O)c2ccccc2)c1. The van der Waals surface area contributed by atoms with Crippen LogP contribution in [-0.2, 0) is 14.8 Å². The summed E-state index contributed by atoms with van der Waals surface area (Å²) >= 11 is 0. The van der Waals surface area contributed by atoms with E-state index in [1.807, 2.05) is 38.1 Å². The number of amides is 1. The summed E-state index contributed by atoms with van der Waals surface area (Å²) in [7, 11) is -1.19. The highest BCUT2D eigenvalue weighted by molar-refractivity contribution is 7.92. The summed E-state index contributed by atoms with van der Waals surface area (Å²) in [6, 6.07) is 20.0. The van der Waals surface area contributed by atoms with Crippen LogP contribution in [0.15, 0.2) is 77.7 Å². The predicted molar refractivity (Wildman–Crippen MR) is 137 cm³/mol. The number of benzene rings is 3.